The predicted molar refractivity (Wildman–Crippen MR) is 54.6 cm³/mol. The van der Waals surface area contributed by atoms with Crippen molar-refractivity contribution >= 4 is 11.9 Å². The van der Waals surface area contributed by atoms with E-state index in [1.165, 1.54) is 7.11 Å². The third-order valence-corrected chi connectivity index (χ3v) is 5.26. The first-order valence-electron chi connectivity index (χ1n) is 5.89. The summed E-state index contributed by atoms with van der Waals surface area (Å²) >= 11 is 0. The lowest BCUT2D eigenvalue weighted by Crippen LogP contribution is -2.51. The van der Waals surface area contributed by atoms with Gasteiger partial charge in [-0.1, -0.05) is 0 Å². The minimum atomic E-state index is -0.654. The minimum absolute atomic E-state index is 0.112. The van der Waals surface area contributed by atoms with Crippen molar-refractivity contribution in [2.75, 3.05) is 7.11 Å². The molecular weight excluding hydrogens is 208 g/mol. The maximum atomic E-state index is 11.9. The second-order valence-electron chi connectivity index (χ2n) is 5.56. The molecule has 4 rings (SSSR count). The van der Waals surface area contributed by atoms with Crippen LogP contribution in [0.5, 0.6) is 0 Å². The summed E-state index contributed by atoms with van der Waals surface area (Å²) in [6.45, 7) is 0. The average Bonchev–Trinajstić information content (AvgIpc) is 3.10. The van der Waals surface area contributed by atoms with Gasteiger partial charge in [0, 0.05) is 0 Å². The van der Waals surface area contributed by atoms with Crippen LogP contribution in [-0.2, 0) is 14.3 Å². The standard InChI is InChI=1S/C12H16O4/c1-16-10(15)12-4-2-11(3-5-12,9(13)14)7-6-8(7)12/h7-8H,2-6H2,1H3,(H,13,14)/t7-,8-,11?,12?/m1/s1. The van der Waals surface area contributed by atoms with Gasteiger partial charge in [0.15, 0.2) is 0 Å². The van der Waals surface area contributed by atoms with Gasteiger partial charge in [-0.15, -0.1) is 0 Å². The molecule has 4 aliphatic carbocycles. The second-order valence-corrected chi connectivity index (χ2v) is 5.56. The Morgan fingerprint density at radius 3 is 2.12 bits per heavy atom. The van der Waals surface area contributed by atoms with E-state index in [1.807, 2.05) is 0 Å². The fourth-order valence-corrected chi connectivity index (χ4v) is 4.23. The molecule has 88 valence electrons. The van der Waals surface area contributed by atoms with Crippen molar-refractivity contribution in [3.05, 3.63) is 0 Å². The minimum Gasteiger partial charge on any atom is -0.481 e. The third-order valence-electron chi connectivity index (χ3n) is 5.26. The number of carboxylic acids is 1. The summed E-state index contributed by atoms with van der Waals surface area (Å²) < 4.78 is 4.91. The number of fused-ring (bicyclic) bond motifs is 2. The van der Waals surface area contributed by atoms with Crippen molar-refractivity contribution in [2.45, 2.75) is 32.1 Å². The first-order valence-corrected chi connectivity index (χ1v) is 5.89. The van der Waals surface area contributed by atoms with Crippen molar-refractivity contribution in [3.63, 3.8) is 0 Å². The van der Waals surface area contributed by atoms with Gasteiger partial charge in [0.1, 0.15) is 0 Å². The van der Waals surface area contributed by atoms with E-state index in [1.54, 1.807) is 0 Å². The van der Waals surface area contributed by atoms with Gasteiger partial charge in [-0.25, -0.2) is 0 Å². The molecule has 0 spiro atoms. The van der Waals surface area contributed by atoms with Crippen LogP contribution in [0.4, 0.5) is 0 Å². The lowest BCUT2D eigenvalue weighted by Gasteiger charge is -2.48. The molecule has 4 fully saturated rings. The fraction of sp³-hybridized carbons (Fsp3) is 0.833. The number of ether oxygens (including phenoxy) is 1. The quantitative estimate of drug-likeness (QED) is 0.721. The highest BCUT2D eigenvalue weighted by atomic mass is 16.5. The van der Waals surface area contributed by atoms with E-state index in [4.69, 9.17) is 4.74 Å². The highest BCUT2D eigenvalue weighted by Gasteiger charge is 2.73. The van der Waals surface area contributed by atoms with Gasteiger partial charge in [-0.3, -0.25) is 9.59 Å². The molecule has 2 bridgehead atoms. The molecule has 4 saturated carbocycles. The van der Waals surface area contributed by atoms with E-state index in [-0.39, 0.29) is 23.2 Å². The number of carbonyl (C=O) groups excluding carboxylic acids is 1. The van der Waals surface area contributed by atoms with E-state index in [2.05, 4.69) is 0 Å². The largest absolute Gasteiger partial charge is 0.481 e. The van der Waals surface area contributed by atoms with Crippen molar-refractivity contribution in [1.82, 2.24) is 0 Å². The van der Waals surface area contributed by atoms with Crippen molar-refractivity contribution in [1.29, 1.82) is 0 Å². The van der Waals surface area contributed by atoms with Crippen LogP contribution in [0.1, 0.15) is 32.1 Å². The number of hydrogen-bond acceptors (Lipinski definition) is 3. The van der Waals surface area contributed by atoms with Crippen molar-refractivity contribution in [3.8, 4) is 0 Å². The first-order chi connectivity index (χ1) is 7.57. The maximum Gasteiger partial charge on any atom is 0.312 e. The number of hydrogen-bond donors (Lipinski definition) is 1. The summed E-state index contributed by atoms with van der Waals surface area (Å²) in [7, 11) is 1.43. The van der Waals surface area contributed by atoms with Gasteiger partial charge < -0.3 is 9.84 Å². The molecule has 0 aromatic carbocycles. The molecule has 0 heterocycles. The molecular formula is C12H16O4. The third kappa shape index (κ3) is 0.913. The van der Waals surface area contributed by atoms with Crippen LogP contribution in [0.3, 0.4) is 0 Å². The van der Waals surface area contributed by atoms with Gasteiger partial charge >= 0.3 is 11.9 Å². The van der Waals surface area contributed by atoms with E-state index >= 15 is 0 Å². The molecule has 0 aromatic rings. The van der Waals surface area contributed by atoms with Crippen LogP contribution in [0.15, 0.2) is 0 Å². The zero-order valence-corrected chi connectivity index (χ0v) is 9.36. The Hall–Kier alpha value is -1.06. The Morgan fingerprint density at radius 1 is 1.12 bits per heavy atom. The monoisotopic (exact) mass is 224 g/mol. The van der Waals surface area contributed by atoms with Crippen molar-refractivity contribution < 1.29 is 19.4 Å². The number of methoxy groups -OCH3 is 1. The van der Waals surface area contributed by atoms with Crippen LogP contribution in [0, 0.1) is 22.7 Å². The van der Waals surface area contributed by atoms with Gasteiger partial charge in [0.05, 0.1) is 17.9 Å². The Kier molecular flexibility index (Phi) is 1.76. The number of carboxylic acid groups (broad SMARTS) is 1. The van der Waals surface area contributed by atoms with E-state index in [9.17, 15) is 14.7 Å². The highest BCUT2D eigenvalue weighted by molar-refractivity contribution is 5.82. The number of rotatable bonds is 2. The summed E-state index contributed by atoms with van der Waals surface area (Å²) in [4.78, 5) is 23.3. The zero-order chi connectivity index (χ0) is 11.6. The Balaban J connectivity index is 1.94. The Bertz CT molecular complexity index is 365. The van der Waals surface area contributed by atoms with Crippen LogP contribution in [0.25, 0.3) is 0 Å². The summed E-state index contributed by atoms with van der Waals surface area (Å²) in [5.74, 6) is -0.262. The van der Waals surface area contributed by atoms with Crippen LogP contribution in [-0.4, -0.2) is 24.2 Å². The van der Waals surface area contributed by atoms with Crippen LogP contribution >= 0.6 is 0 Å². The Morgan fingerprint density at radius 2 is 1.62 bits per heavy atom. The maximum absolute atomic E-state index is 11.9. The summed E-state index contributed by atoms with van der Waals surface area (Å²) in [6.07, 6.45) is 3.61. The normalized spacial score (nSPS) is 48.3. The molecule has 1 N–H and O–H groups in total. The molecule has 4 heteroatoms. The highest BCUT2D eigenvalue weighted by Crippen LogP contribution is 2.73. The number of esters is 1. The van der Waals surface area contributed by atoms with Gasteiger partial charge in [0.2, 0.25) is 0 Å². The van der Waals surface area contributed by atoms with Crippen LogP contribution < -0.4 is 0 Å². The molecule has 0 aliphatic heterocycles. The number of aliphatic carboxylic acids is 1. The van der Waals surface area contributed by atoms with Crippen LogP contribution in [0.2, 0.25) is 0 Å². The lowest BCUT2D eigenvalue weighted by molar-refractivity contribution is -0.174. The predicted octanol–water partition coefficient (Wildman–Crippen LogP) is 1.44. The van der Waals surface area contributed by atoms with Gasteiger partial charge in [-0.05, 0) is 43.9 Å². The Labute approximate surface area is 94.0 Å². The molecule has 0 aromatic heterocycles. The van der Waals surface area contributed by atoms with Gasteiger partial charge in [0.25, 0.3) is 0 Å². The zero-order valence-electron chi connectivity index (χ0n) is 9.36. The molecule has 0 saturated heterocycles. The number of carbonyl (C=O) groups is 2. The van der Waals surface area contributed by atoms with Crippen molar-refractivity contribution in [2.24, 2.45) is 22.7 Å². The fourth-order valence-electron chi connectivity index (χ4n) is 4.23. The molecule has 0 radical (unpaired) electrons. The van der Waals surface area contributed by atoms with E-state index in [0.717, 1.165) is 6.42 Å². The lowest BCUT2D eigenvalue weighted by atomic mass is 9.54. The molecule has 2 atom stereocenters. The smallest absolute Gasteiger partial charge is 0.312 e. The van der Waals surface area contributed by atoms with E-state index < -0.39 is 11.4 Å². The molecule has 4 nitrogen and oxygen atoms in total. The molecule has 0 unspecified atom stereocenters. The molecule has 0 amide bonds. The summed E-state index contributed by atoms with van der Waals surface area (Å²) in [6, 6.07) is 0. The first kappa shape index (κ1) is 10.1. The van der Waals surface area contributed by atoms with Gasteiger partial charge in [-0.2, -0.15) is 0 Å². The second kappa shape index (κ2) is 2.79. The topological polar surface area (TPSA) is 63.6 Å². The summed E-state index contributed by atoms with van der Waals surface area (Å²) in [5, 5.41) is 9.37. The average molecular weight is 224 g/mol. The summed E-state index contributed by atoms with van der Waals surface area (Å²) in [5.41, 5.74) is -0.850. The van der Waals surface area contributed by atoms with E-state index in [0.29, 0.717) is 25.7 Å². The SMILES string of the molecule is COC(=O)C12CCC(C(=O)O)(CC1)[C@@H]1C[C@H]12. The molecule has 4 aliphatic rings. The molecule has 16 heavy (non-hydrogen) atoms.